The van der Waals surface area contributed by atoms with Crippen molar-refractivity contribution in [2.45, 2.75) is 49.4 Å². The normalized spacial score (nSPS) is 13.6. The first-order chi connectivity index (χ1) is 62.4. The van der Waals surface area contributed by atoms with Crippen LogP contribution in [0.25, 0.3) is 111 Å². The third-order valence-electron chi connectivity index (χ3n) is 27.4. The number of hydrogen-bond acceptors (Lipinski definition) is 2. The zero-order valence-corrected chi connectivity index (χ0v) is 72.1. The molecule has 0 atom stereocenters. The van der Waals surface area contributed by atoms with Gasteiger partial charge in [-0.25, -0.2) is 0 Å². The van der Waals surface area contributed by atoms with Crippen molar-refractivity contribution in [3.05, 3.63) is 545 Å². The summed E-state index contributed by atoms with van der Waals surface area (Å²) in [5.41, 5.74) is 41.0. The van der Waals surface area contributed by atoms with Crippen molar-refractivity contribution in [3.8, 4) is 89.0 Å². The molecule has 0 amide bonds. The first kappa shape index (κ1) is 77.8. The average molecular weight is 1640 g/mol. The van der Waals surface area contributed by atoms with Crippen LogP contribution in [0.1, 0.15) is 94.5 Å². The largest absolute Gasteiger partial charge is 0.355 e. The highest BCUT2D eigenvalue weighted by atomic mass is 35.5. The molecule has 127 heavy (non-hydrogen) atoms. The Morgan fingerprint density at radius 2 is 0.496 bits per heavy atom. The molecule has 4 aliphatic rings. The monoisotopic (exact) mass is 1640 g/mol. The topological polar surface area (TPSA) is 15.3 Å². The maximum Gasteiger partial charge on any atom is 0.0719 e. The molecule has 0 saturated heterocycles. The van der Waals surface area contributed by atoms with Gasteiger partial charge in [0.2, 0.25) is 0 Å². The van der Waals surface area contributed by atoms with Gasteiger partial charge in [-0.15, -0.1) is 0 Å². The second-order valence-corrected chi connectivity index (χ2v) is 35.5. The summed E-state index contributed by atoms with van der Waals surface area (Å²) in [6.07, 6.45) is 0. The van der Waals surface area contributed by atoms with Crippen molar-refractivity contribution < 1.29 is 0 Å². The first-order valence-electron chi connectivity index (χ1n) is 44.2. The lowest BCUT2D eigenvalue weighted by atomic mass is 9.55. The summed E-state index contributed by atoms with van der Waals surface area (Å²) in [5.74, 6) is 0. The number of halogens is 1. The van der Waals surface area contributed by atoms with E-state index in [1.807, 2.05) is 24.3 Å². The molecule has 20 aromatic rings. The Hall–Kier alpha value is -15.2. The summed E-state index contributed by atoms with van der Waals surface area (Å²) >= 11 is 6.27. The van der Waals surface area contributed by atoms with E-state index in [1.165, 1.54) is 172 Å². The summed E-state index contributed by atoms with van der Waals surface area (Å²) < 4.78 is 0. The average Bonchev–Trinajstić information content (AvgIpc) is 1.56. The van der Waals surface area contributed by atoms with Crippen LogP contribution in [-0.4, -0.2) is 0 Å². The molecule has 24 rings (SSSR count). The Balaban J connectivity index is 0.000000126. The van der Waals surface area contributed by atoms with Gasteiger partial charge in [0.25, 0.3) is 0 Å². The molecule has 1 N–H and O–H groups in total. The number of benzene rings is 20. The second kappa shape index (κ2) is 31.9. The van der Waals surface area contributed by atoms with Gasteiger partial charge in [0.1, 0.15) is 0 Å². The van der Waals surface area contributed by atoms with Gasteiger partial charge >= 0.3 is 0 Å². The van der Waals surface area contributed by atoms with E-state index in [-0.39, 0.29) is 16.2 Å². The smallest absolute Gasteiger partial charge is 0.0719 e. The number of rotatable bonds is 11. The third kappa shape index (κ3) is 13.2. The molecule has 0 heterocycles. The Morgan fingerprint density at radius 3 is 0.961 bits per heavy atom. The number of nitrogens with zero attached hydrogens (tertiary/aromatic N) is 1. The quantitative estimate of drug-likeness (QED) is 0.139. The predicted octanol–water partition coefficient (Wildman–Crippen LogP) is 33.2. The number of para-hydroxylation sites is 2. The van der Waals surface area contributed by atoms with Gasteiger partial charge in [-0.2, -0.15) is 0 Å². The van der Waals surface area contributed by atoms with Gasteiger partial charge in [0.15, 0.2) is 0 Å². The molecule has 0 unspecified atom stereocenters. The van der Waals surface area contributed by atoms with E-state index in [9.17, 15) is 0 Å². The van der Waals surface area contributed by atoms with Gasteiger partial charge in [0.05, 0.1) is 16.5 Å². The molecule has 20 aromatic carbocycles. The van der Waals surface area contributed by atoms with Crippen LogP contribution in [0.5, 0.6) is 0 Å². The Labute approximate surface area is 749 Å². The van der Waals surface area contributed by atoms with E-state index >= 15 is 0 Å². The van der Waals surface area contributed by atoms with E-state index in [1.54, 1.807) is 0 Å². The Kier molecular flexibility index (Phi) is 19.5. The highest BCUT2D eigenvalue weighted by Gasteiger charge is 2.55. The fraction of sp³-hybridized carbons (Fsp3) is 0.0645. The van der Waals surface area contributed by atoms with Gasteiger partial charge in [0, 0.05) is 49.7 Å². The number of nitrogens with one attached hydrogen (secondary N) is 1. The van der Waals surface area contributed by atoms with E-state index in [2.05, 4.69) is 487 Å². The zero-order chi connectivity index (χ0) is 85.4. The summed E-state index contributed by atoms with van der Waals surface area (Å²) in [7, 11) is 0. The number of anilines is 5. The van der Waals surface area contributed by atoms with Crippen LogP contribution in [0.15, 0.2) is 473 Å². The van der Waals surface area contributed by atoms with E-state index in [4.69, 9.17) is 11.6 Å². The lowest BCUT2D eigenvalue weighted by Crippen LogP contribution is -2.40. The van der Waals surface area contributed by atoms with Crippen molar-refractivity contribution in [1.29, 1.82) is 0 Å². The van der Waals surface area contributed by atoms with Crippen LogP contribution in [0.2, 0.25) is 5.02 Å². The van der Waals surface area contributed by atoms with Crippen LogP contribution < -0.4 is 10.2 Å². The summed E-state index contributed by atoms with van der Waals surface area (Å²) in [6, 6.07) is 173. The van der Waals surface area contributed by atoms with Crippen LogP contribution in [0.4, 0.5) is 28.4 Å². The lowest BCUT2D eigenvalue weighted by Gasteiger charge is -2.46. The van der Waals surface area contributed by atoms with Crippen molar-refractivity contribution in [2.75, 3.05) is 10.2 Å². The van der Waals surface area contributed by atoms with E-state index in [0.29, 0.717) is 0 Å². The minimum Gasteiger partial charge on any atom is -0.355 e. The van der Waals surface area contributed by atoms with Crippen LogP contribution in [0.3, 0.4) is 0 Å². The van der Waals surface area contributed by atoms with Crippen LogP contribution in [-0.2, 0) is 21.7 Å². The van der Waals surface area contributed by atoms with Crippen LogP contribution in [0, 0.1) is 0 Å². The molecule has 0 bridgehead atoms. The highest BCUT2D eigenvalue weighted by Crippen LogP contribution is 2.65. The van der Waals surface area contributed by atoms with Crippen molar-refractivity contribution in [3.63, 3.8) is 0 Å². The van der Waals surface area contributed by atoms with Gasteiger partial charge in [-0.05, 0) is 251 Å². The summed E-state index contributed by atoms with van der Waals surface area (Å²) in [6.45, 7) is 9.52. The standard InChI is InChI=1S/C62H45N.C38H27Cl.C24H19N/c1-61(2)55-24-12-14-26-57(55)62(58-27-15-13-25-56(58)61)54-23-11-9-22-52(54)53-38-34-48(41-59(53)62)45-29-30-47-40-50(37-33-46(47)39-45)63(49-35-31-43(32-36-49)42-17-5-3-6-18-42)60-28-16-10-21-51(60)44-19-7-4-8-20-44;1-37(2)32-11-5-7-13-34(32)38(35-14-8-6-12-33(35)37)31-10-4-3-9-29(31)30-20-18-27(23-36(30)38)24-15-16-26-22-28(39)19-17-25(26)21-24;1-3-9-19(10-4-1)20-15-17-22(18-16-20)25-24-14-8-7-13-23(24)21-11-5-2-6-12-21/h3-41H,1-2H3;3-23H,1-2H3;1-18,25H. The lowest BCUT2D eigenvalue weighted by molar-refractivity contribution is 0.563. The molecule has 604 valence electrons. The number of fused-ring (bicyclic) bond motifs is 20. The van der Waals surface area contributed by atoms with E-state index < -0.39 is 5.41 Å². The molecule has 0 aromatic heterocycles. The minimum absolute atomic E-state index is 0.0899. The molecule has 2 spiro atoms. The minimum atomic E-state index is -0.421. The molecule has 4 aliphatic carbocycles. The molecule has 3 heteroatoms. The molecule has 0 fully saturated rings. The predicted molar refractivity (Wildman–Crippen MR) is 535 cm³/mol. The highest BCUT2D eigenvalue weighted by molar-refractivity contribution is 6.31. The van der Waals surface area contributed by atoms with E-state index in [0.717, 1.165) is 38.8 Å². The molecular formula is C124H91ClN2. The number of hydrogen-bond donors (Lipinski definition) is 1. The molecule has 0 aliphatic heterocycles. The molecule has 2 nitrogen and oxygen atoms in total. The van der Waals surface area contributed by atoms with Crippen molar-refractivity contribution in [1.82, 2.24) is 0 Å². The Morgan fingerprint density at radius 1 is 0.197 bits per heavy atom. The van der Waals surface area contributed by atoms with Gasteiger partial charge in [-0.3, -0.25) is 0 Å². The molecular weight excluding hydrogens is 1550 g/mol. The Bertz CT molecular complexity index is 7500. The maximum atomic E-state index is 6.27. The maximum absolute atomic E-state index is 6.27. The molecule has 0 saturated carbocycles. The third-order valence-corrected chi connectivity index (χ3v) is 27.6. The molecule has 0 radical (unpaired) electrons. The van der Waals surface area contributed by atoms with Gasteiger partial charge < -0.3 is 10.2 Å². The summed E-state index contributed by atoms with van der Waals surface area (Å²) in [5, 5.41) is 9.08. The fourth-order valence-corrected chi connectivity index (χ4v) is 21.6. The summed E-state index contributed by atoms with van der Waals surface area (Å²) in [4.78, 5) is 2.41. The fourth-order valence-electron chi connectivity index (χ4n) is 21.4. The van der Waals surface area contributed by atoms with Gasteiger partial charge in [-0.1, -0.05) is 428 Å². The first-order valence-corrected chi connectivity index (χ1v) is 44.6. The SMILES string of the molecule is CC1(C)c2ccccc2C2(c3ccccc3-c3ccc(-c4ccc5cc(Cl)ccc5c4)cc32)c2ccccc21.CC1(C)c2ccccc2C2(c3ccccc3-c3ccc(-c4ccc5cc(N(c6ccc(-c7ccccc7)cc6)c6ccccc6-c6ccccc6)ccc5c4)cc32)c2ccccc21.c1ccc(-c2ccc(Nc3ccccc3-c3ccccc3)cc2)cc1. The van der Waals surface area contributed by atoms with Crippen LogP contribution >= 0.6 is 11.6 Å². The second-order valence-electron chi connectivity index (χ2n) is 35.1. The van der Waals surface area contributed by atoms with Crippen molar-refractivity contribution >= 4 is 61.6 Å². The zero-order valence-electron chi connectivity index (χ0n) is 71.4. The van der Waals surface area contributed by atoms with Crippen molar-refractivity contribution in [2.24, 2.45) is 0 Å².